The third-order valence-electron chi connectivity index (χ3n) is 3.76. The number of benzene rings is 2. The SMILES string of the molecule is COC(C(=O)Nc1ccc2c(c1)CNCCO2)c1ccccc1.Cl. The van der Waals surface area contributed by atoms with E-state index in [1.54, 1.807) is 0 Å². The van der Waals surface area contributed by atoms with E-state index in [2.05, 4.69) is 10.6 Å². The number of ether oxygens (including phenoxy) is 2. The van der Waals surface area contributed by atoms with Crippen LogP contribution < -0.4 is 15.4 Å². The molecule has 5 nitrogen and oxygen atoms in total. The second kappa shape index (κ2) is 8.68. The van der Waals surface area contributed by atoms with Gasteiger partial charge in [-0.05, 0) is 23.8 Å². The van der Waals surface area contributed by atoms with Crippen LogP contribution in [0, 0.1) is 0 Å². The Bertz CT molecular complexity index is 679. The van der Waals surface area contributed by atoms with Crippen molar-refractivity contribution in [2.75, 3.05) is 25.6 Å². The lowest BCUT2D eigenvalue weighted by Crippen LogP contribution is -2.22. The molecule has 0 bridgehead atoms. The normalized spacial score (nSPS) is 14.4. The van der Waals surface area contributed by atoms with Crippen molar-refractivity contribution in [2.45, 2.75) is 12.6 Å². The maximum absolute atomic E-state index is 12.5. The Morgan fingerprint density at radius 1 is 1.25 bits per heavy atom. The summed E-state index contributed by atoms with van der Waals surface area (Å²) in [6.07, 6.45) is -0.635. The Balaban J connectivity index is 0.00000208. The van der Waals surface area contributed by atoms with Gasteiger partial charge in [0.2, 0.25) is 0 Å². The van der Waals surface area contributed by atoms with Crippen LogP contribution in [-0.2, 0) is 16.1 Å². The van der Waals surface area contributed by atoms with Gasteiger partial charge in [0, 0.05) is 31.5 Å². The highest BCUT2D eigenvalue weighted by Crippen LogP contribution is 2.25. The largest absolute Gasteiger partial charge is 0.492 e. The van der Waals surface area contributed by atoms with Crippen LogP contribution in [0.2, 0.25) is 0 Å². The van der Waals surface area contributed by atoms with Crippen LogP contribution in [0.3, 0.4) is 0 Å². The van der Waals surface area contributed by atoms with Crippen molar-refractivity contribution in [1.82, 2.24) is 5.32 Å². The number of nitrogens with one attached hydrogen (secondary N) is 2. The molecule has 24 heavy (non-hydrogen) atoms. The molecule has 1 aliphatic heterocycles. The second-order valence-corrected chi connectivity index (χ2v) is 5.36. The molecule has 1 aliphatic rings. The van der Waals surface area contributed by atoms with E-state index in [1.165, 1.54) is 7.11 Å². The van der Waals surface area contributed by atoms with Crippen LogP contribution in [0.5, 0.6) is 5.75 Å². The van der Waals surface area contributed by atoms with Crippen LogP contribution in [-0.4, -0.2) is 26.2 Å². The molecule has 1 unspecified atom stereocenters. The fraction of sp³-hybridized carbons (Fsp3) is 0.278. The first-order valence-corrected chi connectivity index (χ1v) is 7.63. The molecular weight excluding hydrogens is 328 g/mol. The van der Waals surface area contributed by atoms with Gasteiger partial charge in [-0.15, -0.1) is 12.4 Å². The zero-order valence-corrected chi connectivity index (χ0v) is 14.3. The smallest absolute Gasteiger partial charge is 0.258 e. The summed E-state index contributed by atoms with van der Waals surface area (Å²) in [4.78, 5) is 12.5. The number of carbonyl (C=O) groups is 1. The molecule has 128 valence electrons. The molecule has 1 heterocycles. The summed E-state index contributed by atoms with van der Waals surface area (Å²) in [5, 5.41) is 6.20. The zero-order valence-electron chi connectivity index (χ0n) is 13.5. The van der Waals surface area contributed by atoms with Crippen LogP contribution in [0.4, 0.5) is 5.69 Å². The van der Waals surface area contributed by atoms with Gasteiger partial charge in [-0.2, -0.15) is 0 Å². The van der Waals surface area contributed by atoms with Crippen LogP contribution >= 0.6 is 12.4 Å². The standard InChI is InChI=1S/C18H20N2O3.ClH/c1-22-17(13-5-3-2-4-6-13)18(21)20-15-7-8-16-14(11-15)12-19-9-10-23-16;/h2-8,11,17,19H,9-10,12H2,1H3,(H,20,21);1H. The number of hydrogen-bond acceptors (Lipinski definition) is 4. The molecule has 2 N–H and O–H groups in total. The van der Waals surface area contributed by atoms with Crippen molar-refractivity contribution >= 4 is 24.0 Å². The first kappa shape index (κ1) is 18.3. The number of methoxy groups -OCH3 is 1. The summed E-state index contributed by atoms with van der Waals surface area (Å²) in [6, 6.07) is 15.1. The quantitative estimate of drug-likeness (QED) is 0.892. The summed E-state index contributed by atoms with van der Waals surface area (Å²) in [5.41, 5.74) is 2.60. The van der Waals surface area contributed by atoms with Gasteiger partial charge >= 0.3 is 0 Å². The van der Waals surface area contributed by atoms with Crippen LogP contribution in [0.1, 0.15) is 17.2 Å². The minimum atomic E-state index is -0.635. The van der Waals surface area contributed by atoms with Gasteiger partial charge in [-0.3, -0.25) is 4.79 Å². The Labute approximate surface area is 147 Å². The van der Waals surface area contributed by atoms with Gasteiger partial charge in [0.15, 0.2) is 6.10 Å². The average Bonchev–Trinajstić information content (AvgIpc) is 2.81. The maximum atomic E-state index is 12.5. The zero-order chi connectivity index (χ0) is 16.1. The van der Waals surface area contributed by atoms with Crippen molar-refractivity contribution in [3.05, 3.63) is 59.7 Å². The fourth-order valence-electron chi connectivity index (χ4n) is 2.62. The molecule has 0 aromatic heterocycles. The molecular formula is C18H21ClN2O3. The summed E-state index contributed by atoms with van der Waals surface area (Å²) in [5.74, 6) is 0.667. The van der Waals surface area contributed by atoms with E-state index in [-0.39, 0.29) is 18.3 Å². The molecule has 6 heteroatoms. The van der Waals surface area contributed by atoms with Gasteiger partial charge in [-0.1, -0.05) is 30.3 Å². The van der Waals surface area contributed by atoms with Crippen molar-refractivity contribution in [2.24, 2.45) is 0 Å². The topological polar surface area (TPSA) is 59.6 Å². The van der Waals surface area contributed by atoms with E-state index in [9.17, 15) is 4.79 Å². The monoisotopic (exact) mass is 348 g/mol. The molecule has 2 aromatic rings. The van der Waals surface area contributed by atoms with Gasteiger partial charge in [0.1, 0.15) is 12.4 Å². The van der Waals surface area contributed by atoms with E-state index in [0.29, 0.717) is 6.61 Å². The van der Waals surface area contributed by atoms with E-state index in [0.717, 1.165) is 35.7 Å². The molecule has 3 rings (SSSR count). The lowest BCUT2D eigenvalue weighted by molar-refractivity contribution is -0.126. The predicted octanol–water partition coefficient (Wildman–Crippen LogP) is 2.92. The summed E-state index contributed by atoms with van der Waals surface area (Å²) in [6.45, 7) is 2.19. The number of fused-ring (bicyclic) bond motifs is 1. The first-order valence-electron chi connectivity index (χ1n) is 7.63. The minimum absolute atomic E-state index is 0. The maximum Gasteiger partial charge on any atom is 0.258 e. The number of halogens is 1. The lowest BCUT2D eigenvalue weighted by atomic mass is 10.1. The molecule has 1 amide bonds. The van der Waals surface area contributed by atoms with Crippen molar-refractivity contribution in [1.29, 1.82) is 0 Å². The molecule has 0 aliphatic carbocycles. The molecule has 0 fully saturated rings. The van der Waals surface area contributed by atoms with E-state index in [1.807, 2.05) is 48.5 Å². The molecule has 2 aromatic carbocycles. The van der Waals surface area contributed by atoms with Crippen molar-refractivity contribution < 1.29 is 14.3 Å². The Morgan fingerprint density at radius 3 is 2.79 bits per heavy atom. The van der Waals surface area contributed by atoms with Crippen LogP contribution in [0.25, 0.3) is 0 Å². The highest BCUT2D eigenvalue weighted by molar-refractivity contribution is 5.95. The second-order valence-electron chi connectivity index (χ2n) is 5.36. The predicted molar refractivity (Wildman–Crippen MR) is 95.7 cm³/mol. The third kappa shape index (κ3) is 4.26. The van der Waals surface area contributed by atoms with Gasteiger partial charge < -0.3 is 20.1 Å². The molecule has 0 spiro atoms. The van der Waals surface area contributed by atoms with E-state index < -0.39 is 6.10 Å². The first-order chi connectivity index (χ1) is 11.3. The van der Waals surface area contributed by atoms with Crippen LogP contribution in [0.15, 0.2) is 48.5 Å². The van der Waals surface area contributed by atoms with Gasteiger partial charge in [0.05, 0.1) is 0 Å². The highest BCUT2D eigenvalue weighted by Gasteiger charge is 2.20. The number of rotatable bonds is 4. The Morgan fingerprint density at radius 2 is 2.04 bits per heavy atom. The molecule has 0 saturated heterocycles. The molecule has 0 saturated carbocycles. The number of carbonyl (C=O) groups excluding carboxylic acids is 1. The number of amides is 1. The lowest BCUT2D eigenvalue weighted by Gasteiger charge is -2.16. The van der Waals surface area contributed by atoms with Gasteiger partial charge in [-0.25, -0.2) is 0 Å². The Hall–Kier alpha value is -2.08. The number of anilines is 1. The Kier molecular flexibility index (Phi) is 6.61. The van der Waals surface area contributed by atoms with E-state index >= 15 is 0 Å². The average molecular weight is 349 g/mol. The minimum Gasteiger partial charge on any atom is -0.492 e. The molecule has 1 atom stereocenters. The summed E-state index contributed by atoms with van der Waals surface area (Å²) in [7, 11) is 1.53. The summed E-state index contributed by atoms with van der Waals surface area (Å²) < 4.78 is 11.0. The molecule has 0 radical (unpaired) electrons. The highest BCUT2D eigenvalue weighted by atomic mass is 35.5. The van der Waals surface area contributed by atoms with Crippen molar-refractivity contribution in [3.8, 4) is 5.75 Å². The van der Waals surface area contributed by atoms with Crippen molar-refractivity contribution in [3.63, 3.8) is 0 Å². The van der Waals surface area contributed by atoms with Gasteiger partial charge in [0.25, 0.3) is 5.91 Å². The number of hydrogen-bond donors (Lipinski definition) is 2. The third-order valence-corrected chi connectivity index (χ3v) is 3.76. The summed E-state index contributed by atoms with van der Waals surface area (Å²) >= 11 is 0. The van der Waals surface area contributed by atoms with E-state index in [4.69, 9.17) is 9.47 Å². The fourth-order valence-corrected chi connectivity index (χ4v) is 2.62.